The van der Waals surface area contributed by atoms with Crippen LogP contribution in [0.3, 0.4) is 0 Å². The van der Waals surface area contributed by atoms with Crippen LogP contribution in [0, 0.1) is 6.92 Å². The van der Waals surface area contributed by atoms with Gasteiger partial charge in [0.1, 0.15) is 5.75 Å². The lowest BCUT2D eigenvalue weighted by atomic mass is 9.78. The molecule has 2 aromatic rings. The van der Waals surface area contributed by atoms with Crippen LogP contribution in [0.2, 0.25) is 0 Å². The second-order valence-electron chi connectivity index (χ2n) is 7.91. The van der Waals surface area contributed by atoms with Gasteiger partial charge in [-0.25, -0.2) is 0 Å². The van der Waals surface area contributed by atoms with Crippen molar-refractivity contribution in [3.8, 4) is 11.5 Å². The molecule has 0 atom stereocenters. The minimum absolute atomic E-state index is 0.340. The Morgan fingerprint density at radius 2 is 1.60 bits per heavy atom. The van der Waals surface area contributed by atoms with E-state index in [1.165, 1.54) is 5.56 Å². The largest absolute Gasteiger partial charge is 0.494 e. The van der Waals surface area contributed by atoms with Crippen LogP contribution >= 0.6 is 0 Å². The fraction of sp³-hybridized carbons (Fsp3) is 0.400. The van der Waals surface area contributed by atoms with E-state index in [-0.39, 0.29) is 18.3 Å². The molecule has 0 unspecified atom stereocenters. The molecule has 4 rings (SSSR count). The van der Waals surface area contributed by atoms with Crippen molar-refractivity contribution in [1.82, 2.24) is 0 Å². The highest BCUT2D eigenvalue weighted by atomic mass is 16.7. The highest BCUT2D eigenvalue weighted by Gasteiger charge is 2.51. The minimum Gasteiger partial charge on any atom is -0.455 e. The maximum atomic E-state index is 6.17. The van der Waals surface area contributed by atoms with Crippen LogP contribution < -0.4 is 15.5 Å². The van der Waals surface area contributed by atoms with E-state index in [9.17, 15) is 0 Å². The molecule has 0 aromatic heterocycles. The zero-order valence-electron chi connectivity index (χ0n) is 15.5. The quantitative estimate of drug-likeness (QED) is 0.798. The Balaban J connectivity index is 1.63. The molecule has 1 fully saturated rings. The average molecular weight is 337 g/mol. The molecule has 2 aliphatic heterocycles. The number of nitrogens with one attached hydrogen (secondary N) is 1. The summed E-state index contributed by atoms with van der Waals surface area (Å²) >= 11 is 0. The van der Waals surface area contributed by atoms with Gasteiger partial charge in [0.25, 0.3) is 0 Å². The van der Waals surface area contributed by atoms with E-state index < -0.39 is 0 Å². The number of anilines is 1. The second kappa shape index (κ2) is 5.51. The normalized spacial score (nSPS) is 20.1. The van der Waals surface area contributed by atoms with E-state index in [0.717, 1.165) is 28.2 Å². The lowest BCUT2D eigenvalue weighted by Gasteiger charge is -2.32. The van der Waals surface area contributed by atoms with Crippen molar-refractivity contribution >= 4 is 18.3 Å². The van der Waals surface area contributed by atoms with Crippen LogP contribution in [-0.2, 0) is 15.9 Å². The molecule has 0 aliphatic carbocycles. The molecule has 25 heavy (non-hydrogen) atoms. The summed E-state index contributed by atoms with van der Waals surface area (Å²) in [5.74, 6) is 1.73. The molecule has 1 N–H and O–H groups in total. The first kappa shape index (κ1) is 16.5. The summed E-state index contributed by atoms with van der Waals surface area (Å²) in [5.41, 5.74) is 3.66. The Hall–Kier alpha value is -1.98. The van der Waals surface area contributed by atoms with E-state index in [1.807, 2.05) is 18.2 Å². The van der Waals surface area contributed by atoms with Gasteiger partial charge in [-0.3, -0.25) is 0 Å². The molecule has 1 saturated heterocycles. The third-order valence-electron chi connectivity index (χ3n) is 5.43. The Kier molecular flexibility index (Phi) is 3.64. The van der Waals surface area contributed by atoms with Crippen molar-refractivity contribution in [3.05, 3.63) is 47.5 Å². The maximum Gasteiger partial charge on any atom is 0.494 e. The topological polar surface area (TPSA) is 39.7 Å². The van der Waals surface area contributed by atoms with Gasteiger partial charge in [0, 0.05) is 12.1 Å². The predicted octanol–water partition coefficient (Wildman–Crippen LogP) is 4.01. The number of fused-ring (bicyclic) bond motifs is 2. The van der Waals surface area contributed by atoms with Crippen molar-refractivity contribution in [2.24, 2.45) is 0 Å². The molecule has 130 valence electrons. The van der Waals surface area contributed by atoms with Crippen LogP contribution in [0.1, 0.15) is 38.8 Å². The maximum absolute atomic E-state index is 6.17. The summed E-state index contributed by atoms with van der Waals surface area (Å²) in [6.07, 6.45) is 0. The Labute approximate surface area is 149 Å². The first-order chi connectivity index (χ1) is 11.7. The summed E-state index contributed by atoms with van der Waals surface area (Å²) in [6, 6.07) is 12.3. The smallest absolute Gasteiger partial charge is 0.455 e. The number of ether oxygens (including phenoxy) is 1. The molecular formula is C20H24BNO3. The molecule has 4 nitrogen and oxygen atoms in total. The third-order valence-corrected chi connectivity index (χ3v) is 5.43. The van der Waals surface area contributed by atoms with Gasteiger partial charge in [-0.15, -0.1) is 0 Å². The molecular weight excluding hydrogens is 313 g/mol. The second-order valence-corrected chi connectivity index (χ2v) is 7.91. The van der Waals surface area contributed by atoms with Gasteiger partial charge in [0.05, 0.1) is 16.9 Å². The van der Waals surface area contributed by atoms with Crippen LogP contribution in [0.15, 0.2) is 36.4 Å². The average Bonchev–Trinajstić information content (AvgIpc) is 2.68. The van der Waals surface area contributed by atoms with Crippen molar-refractivity contribution < 1.29 is 14.0 Å². The van der Waals surface area contributed by atoms with Gasteiger partial charge in [-0.05, 0) is 63.8 Å². The van der Waals surface area contributed by atoms with Gasteiger partial charge in [0.15, 0.2) is 5.75 Å². The first-order valence-corrected chi connectivity index (χ1v) is 8.76. The summed E-state index contributed by atoms with van der Waals surface area (Å²) in [7, 11) is -0.358. The van der Waals surface area contributed by atoms with Crippen LogP contribution in [0.5, 0.6) is 11.5 Å². The van der Waals surface area contributed by atoms with Crippen molar-refractivity contribution in [3.63, 3.8) is 0 Å². The van der Waals surface area contributed by atoms with Crippen LogP contribution in [-0.4, -0.2) is 18.3 Å². The monoisotopic (exact) mass is 337 g/mol. The number of benzene rings is 2. The Morgan fingerprint density at radius 1 is 0.920 bits per heavy atom. The molecule has 0 bridgehead atoms. The predicted molar refractivity (Wildman–Crippen MR) is 101 cm³/mol. The van der Waals surface area contributed by atoms with Gasteiger partial charge in [-0.1, -0.05) is 18.2 Å². The first-order valence-electron chi connectivity index (χ1n) is 8.76. The molecule has 2 aromatic carbocycles. The lowest BCUT2D eigenvalue weighted by molar-refractivity contribution is 0.00578. The Morgan fingerprint density at radius 3 is 2.32 bits per heavy atom. The number of hydrogen-bond donors (Lipinski definition) is 1. The van der Waals surface area contributed by atoms with E-state index in [0.29, 0.717) is 6.54 Å². The van der Waals surface area contributed by atoms with Gasteiger partial charge in [-0.2, -0.15) is 0 Å². The van der Waals surface area contributed by atoms with Crippen molar-refractivity contribution in [2.45, 2.75) is 52.4 Å². The van der Waals surface area contributed by atoms with Gasteiger partial charge < -0.3 is 19.4 Å². The van der Waals surface area contributed by atoms with E-state index in [1.54, 1.807) is 0 Å². The summed E-state index contributed by atoms with van der Waals surface area (Å²) < 4.78 is 18.4. The lowest BCUT2D eigenvalue weighted by Crippen LogP contribution is -2.41. The molecule has 5 heteroatoms. The fourth-order valence-corrected chi connectivity index (χ4v) is 3.14. The van der Waals surface area contributed by atoms with Crippen molar-refractivity contribution in [1.29, 1.82) is 0 Å². The highest BCUT2D eigenvalue weighted by molar-refractivity contribution is 6.62. The van der Waals surface area contributed by atoms with Gasteiger partial charge in [0.2, 0.25) is 0 Å². The van der Waals surface area contributed by atoms with E-state index in [2.05, 4.69) is 58.1 Å². The molecule has 2 aliphatic rings. The van der Waals surface area contributed by atoms with Crippen LogP contribution in [0.25, 0.3) is 0 Å². The summed E-state index contributed by atoms with van der Waals surface area (Å²) in [6.45, 7) is 11.1. The number of aryl methyl sites for hydroxylation is 1. The Bertz CT molecular complexity index is 816. The van der Waals surface area contributed by atoms with Gasteiger partial charge >= 0.3 is 7.12 Å². The fourth-order valence-electron chi connectivity index (χ4n) is 3.14. The number of hydrogen-bond acceptors (Lipinski definition) is 4. The standard InChI is InChI=1S/C20H24BNO3/c1-13-6-8-18-16(10-13)22-12-14-11-15(7-9-17(14)23-18)21-24-19(2,3)20(4,5)25-21/h6-11,22H,12H2,1-5H3. The zero-order chi connectivity index (χ0) is 17.8. The van der Waals surface area contributed by atoms with Crippen LogP contribution in [0.4, 0.5) is 5.69 Å². The summed E-state index contributed by atoms with van der Waals surface area (Å²) in [5, 5.41) is 3.47. The number of rotatable bonds is 1. The van der Waals surface area contributed by atoms with E-state index >= 15 is 0 Å². The third kappa shape index (κ3) is 2.81. The summed E-state index contributed by atoms with van der Waals surface area (Å²) in [4.78, 5) is 0. The molecule has 0 amide bonds. The minimum atomic E-state index is -0.358. The molecule has 0 radical (unpaired) electrons. The van der Waals surface area contributed by atoms with Crippen molar-refractivity contribution in [2.75, 3.05) is 5.32 Å². The SMILES string of the molecule is Cc1ccc2c(c1)NCc1cc(B3OC(C)(C)C(C)(C)O3)ccc1O2. The zero-order valence-corrected chi connectivity index (χ0v) is 15.5. The molecule has 0 spiro atoms. The van der Waals surface area contributed by atoms with E-state index in [4.69, 9.17) is 14.0 Å². The molecule has 2 heterocycles. The molecule has 0 saturated carbocycles. The highest BCUT2D eigenvalue weighted by Crippen LogP contribution is 2.38.